The Labute approximate surface area is 290 Å². The molecule has 2 aromatic heterocycles. The van der Waals surface area contributed by atoms with Crippen molar-refractivity contribution < 1.29 is 18.3 Å². The second-order valence-electron chi connectivity index (χ2n) is 10.2. The van der Waals surface area contributed by atoms with Crippen LogP contribution in [0, 0.1) is 21.2 Å². The van der Waals surface area contributed by atoms with E-state index in [1.165, 1.54) is 24.3 Å². The van der Waals surface area contributed by atoms with E-state index in [4.69, 9.17) is 52.4 Å². The van der Waals surface area contributed by atoms with Gasteiger partial charge in [0.1, 0.15) is 11.6 Å². The third-order valence-electron chi connectivity index (χ3n) is 7.04. The summed E-state index contributed by atoms with van der Waals surface area (Å²) in [6.45, 7) is 2.51. The van der Waals surface area contributed by atoms with E-state index in [0.717, 1.165) is 33.9 Å². The number of hydrogen-bond donors (Lipinski definition) is 1. The van der Waals surface area contributed by atoms with Crippen molar-refractivity contribution in [3.8, 4) is 33.9 Å². The Bertz CT molecular complexity index is 2090. The summed E-state index contributed by atoms with van der Waals surface area (Å²) in [4.78, 5) is 14.7. The standard InChI is InChI=1S/C20H18ClFN2O2S.C15H10ClFN2S/c1-2-26-19(25)11-12-23-13-18(14-3-7-16(22)8-4-14)24(20(23)27)17-9-5-15(21)6-10-17;16-11-3-7-13(8-4-11)19-14(9-18-15(19)20)10-1-5-12(17)6-2-10/h3-10,13H,2,11-12H2,1H3;1-9H,(H,18,20). The number of H-pyrrole nitrogens is 1. The van der Waals surface area contributed by atoms with Crippen molar-refractivity contribution in [3.63, 3.8) is 0 Å². The van der Waals surface area contributed by atoms with Crippen LogP contribution in [0.25, 0.3) is 33.9 Å². The van der Waals surface area contributed by atoms with E-state index in [1.807, 2.05) is 50.4 Å². The first-order valence-corrected chi connectivity index (χ1v) is 16.0. The van der Waals surface area contributed by atoms with E-state index in [0.29, 0.717) is 32.7 Å². The number of esters is 1. The number of hydrogen-bond acceptors (Lipinski definition) is 4. The van der Waals surface area contributed by atoms with Crippen molar-refractivity contribution >= 4 is 53.6 Å². The minimum Gasteiger partial charge on any atom is -0.466 e. The molecule has 0 bridgehead atoms. The van der Waals surface area contributed by atoms with Gasteiger partial charge in [-0.05, 0) is 128 Å². The fraction of sp³-hybridized carbons (Fsp3) is 0.114. The Balaban J connectivity index is 0.000000193. The number of nitrogens with one attached hydrogen (secondary N) is 1. The molecule has 2 heterocycles. The lowest BCUT2D eigenvalue weighted by Gasteiger charge is -2.09. The van der Waals surface area contributed by atoms with Gasteiger partial charge < -0.3 is 14.3 Å². The van der Waals surface area contributed by atoms with Crippen molar-refractivity contribution in [2.45, 2.75) is 19.9 Å². The number of halogens is 4. The van der Waals surface area contributed by atoms with Crippen LogP contribution in [0.15, 0.2) is 109 Å². The van der Waals surface area contributed by atoms with Crippen LogP contribution in [0.1, 0.15) is 13.3 Å². The van der Waals surface area contributed by atoms with E-state index in [1.54, 1.807) is 55.5 Å². The molecular formula is C35H28Cl2F2N4O2S2. The first kappa shape index (κ1) is 34.0. The van der Waals surface area contributed by atoms with Crippen LogP contribution in [0.4, 0.5) is 8.78 Å². The number of ether oxygens (including phenoxy) is 1. The number of benzene rings is 4. The number of rotatable bonds is 8. The van der Waals surface area contributed by atoms with Gasteiger partial charge in [0, 0.05) is 51.5 Å². The molecule has 240 valence electrons. The topological polar surface area (TPSA) is 56.9 Å². The van der Waals surface area contributed by atoms with Crippen LogP contribution in [0.3, 0.4) is 0 Å². The second-order valence-corrected chi connectivity index (χ2v) is 11.8. The molecule has 0 spiro atoms. The lowest BCUT2D eigenvalue weighted by atomic mass is 10.1. The molecule has 0 aliphatic carbocycles. The van der Waals surface area contributed by atoms with Crippen molar-refractivity contribution in [1.29, 1.82) is 0 Å². The minimum absolute atomic E-state index is 0.218. The summed E-state index contributed by atoms with van der Waals surface area (Å²) in [6, 6.07) is 27.2. The zero-order valence-electron chi connectivity index (χ0n) is 25.0. The Kier molecular flexibility index (Phi) is 11.2. The molecule has 4 aromatic carbocycles. The fourth-order valence-electron chi connectivity index (χ4n) is 4.81. The molecule has 0 saturated heterocycles. The number of aryl methyl sites for hydroxylation is 1. The van der Waals surface area contributed by atoms with Crippen LogP contribution >= 0.6 is 47.6 Å². The van der Waals surface area contributed by atoms with Gasteiger partial charge in [-0.1, -0.05) is 23.2 Å². The largest absolute Gasteiger partial charge is 0.466 e. The van der Waals surface area contributed by atoms with Crippen LogP contribution in [-0.4, -0.2) is 31.3 Å². The van der Waals surface area contributed by atoms with Crippen LogP contribution < -0.4 is 0 Å². The highest BCUT2D eigenvalue weighted by molar-refractivity contribution is 7.71. The van der Waals surface area contributed by atoms with Gasteiger partial charge in [-0.2, -0.15) is 0 Å². The van der Waals surface area contributed by atoms with Crippen LogP contribution in [0.5, 0.6) is 0 Å². The van der Waals surface area contributed by atoms with E-state index in [-0.39, 0.29) is 24.0 Å². The Hall–Kier alpha value is -4.35. The van der Waals surface area contributed by atoms with Gasteiger partial charge in [0.05, 0.1) is 24.4 Å². The molecule has 0 saturated carbocycles. The molecule has 0 aliphatic heterocycles. The summed E-state index contributed by atoms with van der Waals surface area (Å²) in [5, 5.41) is 1.29. The summed E-state index contributed by atoms with van der Waals surface area (Å²) < 4.78 is 38.0. The van der Waals surface area contributed by atoms with Crippen molar-refractivity contribution in [2.75, 3.05) is 6.61 Å². The van der Waals surface area contributed by atoms with Gasteiger partial charge in [0.25, 0.3) is 0 Å². The lowest BCUT2D eigenvalue weighted by molar-refractivity contribution is -0.143. The zero-order chi connectivity index (χ0) is 33.5. The monoisotopic (exact) mass is 708 g/mol. The molecule has 0 aliphatic rings. The molecule has 1 N–H and O–H groups in total. The molecule has 0 atom stereocenters. The molecule has 12 heteroatoms. The fourth-order valence-corrected chi connectivity index (χ4v) is 5.67. The van der Waals surface area contributed by atoms with Gasteiger partial charge in [-0.3, -0.25) is 13.9 Å². The SMILES string of the molecule is CCOC(=O)CCn1cc(-c2ccc(F)cc2)n(-c2ccc(Cl)cc2)c1=S.Fc1ccc(-c2c[nH]c(=S)n2-c2ccc(Cl)cc2)cc1. The smallest absolute Gasteiger partial charge is 0.307 e. The average molecular weight is 710 g/mol. The molecule has 47 heavy (non-hydrogen) atoms. The van der Waals surface area contributed by atoms with Crippen LogP contribution in [0.2, 0.25) is 10.0 Å². The molecular weight excluding hydrogens is 681 g/mol. The van der Waals surface area contributed by atoms with E-state index < -0.39 is 0 Å². The zero-order valence-corrected chi connectivity index (χ0v) is 28.1. The Morgan fingerprint density at radius 1 is 0.745 bits per heavy atom. The highest BCUT2D eigenvalue weighted by Gasteiger charge is 2.14. The molecule has 6 rings (SSSR count). The number of imidazole rings is 2. The third kappa shape index (κ3) is 8.33. The first-order chi connectivity index (χ1) is 22.6. The summed E-state index contributed by atoms with van der Waals surface area (Å²) in [7, 11) is 0. The molecule has 6 aromatic rings. The Morgan fingerprint density at radius 3 is 1.74 bits per heavy atom. The average Bonchev–Trinajstić information content (AvgIpc) is 3.61. The summed E-state index contributed by atoms with van der Waals surface area (Å²) >= 11 is 22.9. The van der Waals surface area contributed by atoms with Gasteiger partial charge in [0.15, 0.2) is 9.54 Å². The van der Waals surface area contributed by atoms with Gasteiger partial charge in [0.2, 0.25) is 0 Å². The van der Waals surface area contributed by atoms with Crippen molar-refractivity contribution in [3.05, 3.63) is 141 Å². The van der Waals surface area contributed by atoms with Crippen LogP contribution in [-0.2, 0) is 16.1 Å². The normalized spacial score (nSPS) is 10.7. The highest BCUT2D eigenvalue weighted by atomic mass is 35.5. The minimum atomic E-state index is -0.308. The lowest BCUT2D eigenvalue weighted by Crippen LogP contribution is -2.09. The molecule has 0 unspecified atom stereocenters. The molecule has 0 fully saturated rings. The third-order valence-corrected chi connectivity index (χ3v) is 8.27. The molecule has 0 radical (unpaired) electrons. The number of carbonyl (C=O) groups excluding carboxylic acids is 1. The van der Waals surface area contributed by atoms with Gasteiger partial charge in [-0.25, -0.2) is 8.78 Å². The number of aromatic amines is 1. The quantitative estimate of drug-likeness (QED) is 0.126. The van der Waals surface area contributed by atoms with Gasteiger partial charge in [-0.15, -0.1) is 0 Å². The van der Waals surface area contributed by atoms with Crippen molar-refractivity contribution in [2.24, 2.45) is 0 Å². The second kappa shape index (κ2) is 15.5. The van der Waals surface area contributed by atoms with Crippen molar-refractivity contribution in [1.82, 2.24) is 18.7 Å². The van der Waals surface area contributed by atoms with Gasteiger partial charge >= 0.3 is 5.97 Å². The van der Waals surface area contributed by atoms with E-state index >= 15 is 0 Å². The predicted molar refractivity (Wildman–Crippen MR) is 188 cm³/mol. The van der Waals surface area contributed by atoms with E-state index in [2.05, 4.69) is 4.98 Å². The predicted octanol–water partition coefficient (Wildman–Crippen LogP) is 10.4. The molecule has 0 amide bonds. The summed E-state index contributed by atoms with van der Waals surface area (Å²) in [6.07, 6.45) is 3.89. The van der Waals surface area contributed by atoms with E-state index in [9.17, 15) is 13.6 Å². The number of nitrogens with zero attached hydrogens (tertiary/aromatic N) is 3. The maximum atomic E-state index is 13.3. The maximum absolute atomic E-state index is 13.3. The summed E-state index contributed by atoms with van der Waals surface area (Å²) in [5.74, 6) is -0.847. The highest BCUT2D eigenvalue weighted by Crippen LogP contribution is 2.27. The molecule has 6 nitrogen and oxygen atoms in total. The first-order valence-electron chi connectivity index (χ1n) is 14.5. The maximum Gasteiger partial charge on any atom is 0.307 e. The number of carbonyl (C=O) groups is 1. The summed E-state index contributed by atoms with van der Waals surface area (Å²) in [5.41, 5.74) is 5.10. The Morgan fingerprint density at radius 2 is 1.23 bits per heavy atom. The number of aromatic nitrogens is 4.